The van der Waals surface area contributed by atoms with Crippen LogP contribution in [0.4, 0.5) is 8.78 Å². The van der Waals surface area contributed by atoms with E-state index in [9.17, 15) is 18.4 Å². The Kier molecular flexibility index (Phi) is 7.38. The highest BCUT2D eigenvalue weighted by atomic mass is 19.3. The Hall–Kier alpha value is -4.18. The Morgan fingerprint density at radius 1 is 1.15 bits per heavy atom. The third-order valence-corrected chi connectivity index (χ3v) is 7.17. The maximum Gasteiger partial charge on any atom is 0.387 e. The smallest absolute Gasteiger partial charge is 0.387 e. The molecule has 2 heterocycles. The average Bonchev–Trinajstić information content (AvgIpc) is 3.33. The van der Waals surface area contributed by atoms with Crippen molar-refractivity contribution in [1.29, 1.82) is 0 Å². The van der Waals surface area contributed by atoms with Crippen molar-refractivity contribution in [2.45, 2.75) is 31.7 Å². The normalized spacial score (nSPS) is 18.2. The third-order valence-electron chi connectivity index (χ3n) is 7.17. The lowest BCUT2D eigenvalue weighted by atomic mass is 9.82. The van der Waals surface area contributed by atoms with Gasteiger partial charge in [-0.3, -0.25) is 9.59 Å². The lowest BCUT2D eigenvalue weighted by molar-refractivity contribution is -0.139. The topological polar surface area (TPSA) is 86.9 Å². The zero-order valence-corrected chi connectivity index (χ0v) is 21.6. The Morgan fingerprint density at radius 2 is 1.95 bits per heavy atom. The fourth-order valence-electron chi connectivity index (χ4n) is 5.16. The number of hydrogen-bond donors (Lipinski definition) is 2. The van der Waals surface area contributed by atoms with E-state index in [1.807, 2.05) is 12.1 Å². The maximum absolute atomic E-state index is 13.5. The van der Waals surface area contributed by atoms with Crippen molar-refractivity contribution in [3.8, 4) is 11.5 Å². The number of methoxy groups -OCH3 is 1. The van der Waals surface area contributed by atoms with Gasteiger partial charge in [0.25, 0.3) is 5.91 Å². The molecular weight excluding hydrogens is 506 g/mol. The van der Waals surface area contributed by atoms with Crippen LogP contribution in [0.1, 0.15) is 22.5 Å². The average molecular weight is 537 g/mol. The van der Waals surface area contributed by atoms with Crippen LogP contribution in [0, 0.1) is 0 Å². The first-order valence-electron chi connectivity index (χ1n) is 12.6. The second kappa shape index (κ2) is 10.9. The first kappa shape index (κ1) is 26.4. The molecule has 0 spiro atoms. The zero-order chi connectivity index (χ0) is 27.7. The molecule has 0 radical (unpaired) electrons. The minimum Gasteiger partial charge on any atom is -0.497 e. The zero-order valence-electron chi connectivity index (χ0n) is 21.6. The number of carbonyl (C=O) groups excluding carboxylic acids is 2. The van der Waals surface area contributed by atoms with Crippen molar-refractivity contribution in [2.24, 2.45) is 0 Å². The summed E-state index contributed by atoms with van der Waals surface area (Å²) in [6.45, 7) is 5.92. The van der Waals surface area contributed by atoms with Crippen molar-refractivity contribution in [3.63, 3.8) is 0 Å². The molecule has 2 amide bonds. The van der Waals surface area contributed by atoms with Gasteiger partial charge in [0.05, 0.1) is 13.2 Å². The van der Waals surface area contributed by atoms with E-state index >= 15 is 0 Å². The van der Waals surface area contributed by atoms with Crippen LogP contribution in [-0.4, -0.2) is 72.0 Å². The minimum atomic E-state index is -2.94. The van der Waals surface area contributed by atoms with Crippen molar-refractivity contribution in [1.82, 2.24) is 20.1 Å². The number of aromatic nitrogens is 1. The van der Waals surface area contributed by atoms with Crippen LogP contribution >= 0.6 is 0 Å². The second-order valence-electron chi connectivity index (χ2n) is 9.86. The Labute approximate surface area is 224 Å². The summed E-state index contributed by atoms with van der Waals surface area (Å²) in [7, 11) is 1.58. The predicted octanol–water partition coefficient (Wildman–Crippen LogP) is 4.11. The number of fused-ring (bicyclic) bond motifs is 1. The van der Waals surface area contributed by atoms with Crippen molar-refractivity contribution < 1.29 is 27.8 Å². The Morgan fingerprint density at radius 3 is 2.67 bits per heavy atom. The van der Waals surface area contributed by atoms with Crippen LogP contribution in [0.3, 0.4) is 0 Å². The van der Waals surface area contributed by atoms with E-state index in [-0.39, 0.29) is 49.3 Å². The molecule has 1 aliphatic heterocycles. The fraction of sp³-hybridized carbons (Fsp3) is 0.310. The van der Waals surface area contributed by atoms with Crippen LogP contribution in [0.2, 0.25) is 0 Å². The highest BCUT2D eigenvalue weighted by molar-refractivity contribution is 6.00. The summed E-state index contributed by atoms with van der Waals surface area (Å²) >= 11 is 0. The fourth-order valence-corrected chi connectivity index (χ4v) is 5.16. The predicted molar refractivity (Wildman–Crippen MR) is 143 cm³/mol. The molecule has 1 aromatic heterocycles. The number of halogens is 2. The number of rotatable bonds is 9. The molecule has 8 nitrogen and oxygen atoms in total. The van der Waals surface area contributed by atoms with E-state index in [0.717, 1.165) is 28.5 Å². The van der Waals surface area contributed by atoms with E-state index in [0.29, 0.717) is 23.6 Å². The molecule has 1 atom stereocenters. The van der Waals surface area contributed by atoms with Gasteiger partial charge >= 0.3 is 6.61 Å². The molecule has 5 rings (SSSR count). The Balaban J connectivity index is 1.36. The molecule has 1 aliphatic carbocycles. The van der Waals surface area contributed by atoms with E-state index in [1.54, 1.807) is 36.3 Å². The summed E-state index contributed by atoms with van der Waals surface area (Å²) < 4.78 is 35.2. The number of carbonyl (C=O) groups is 2. The summed E-state index contributed by atoms with van der Waals surface area (Å²) in [4.78, 5) is 33.3. The molecule has 0 bridgehead atoms. The SMILES string of the molecule is C=C1CC(=C)C1NC[C@H]1CN(C(=O)c2cc3cc(OC)ccc3[nH]2)CC(=O)N1Cc1cccc(OC(F)F)c1. The maximum atomic E-state index is 13.5. The highest BCUT2D eigenvalue weighted by Crippen LogP contribution is 2.30. The van der Waals surface area contributed by atoms with Gasteiger partial charge in [0.15, 0.2) is 0 Å². The van der Waals surface area contributed by atoms with Crippen LogP contribution in [-0.2, 0) is 11.3 Å². The third kappa shape index (κ3) is 5.65. The highest BCUT2D eigenvalue weighted by Gasteiger charge is 2.37. The molecule has 1 saturated heterocycles. The van der Waals surface area contributed by atoms with Crippen LogP contribution in [0.5, 0.6) is 11.5 Å². The van der Waals surface area contributed by atoms with Gasteiger partial charge in [0, 0.05) is 36.6 Å². The summed E-state index contributed by atoms with van der Waals surface area (Å²) in [6, 6.07) is 13.1. The van der Waals surface area contributed by atoms with Gasteiger partial charge in [0.1, 0.15) is 23.7 Å². The van der Waals surface area contributed by atoms with E-state index in [1.165, 1.54) is 17.0 Å². The largest absolute Gasteiger partial charge is 0.497 e. The number of hydrogen-bond acceptors (Lipinski definition) is 5. The van der Waals surface area contributed by atoms with Crippen molar-refractivity contribution in [3.05, 3.63) is 84.1 Å². The summed E-state index contributed by atoms with van der Waals surface area (Å²) in [5, 5.41) is 4.25. The lowest BCUT2D eigenvalue weighted by Crippen LogP contribution is -2.61. The molecule has 2 N–H and O–H groups in total. The molecule has 204 valence electrons. The number of ether oxygens (including phenoxy) is 2. The number of benzene rings is 2. The van der Waals surface area contributed by atoms with Gasteiger partial charge in [-0.15, -0.1) is 0 Å². The van der Waals surface area contributed by atoms with E-state index in [4.69, 9.17) is 4.74 Å². The number of piperazine rings is 1. The molecule has 39 heavy (non-hydrogen) atoms. The van der Waals surface area contributed by atoms with E-state index < -0.39 is 6.61 Å². The number of alkyl halides is 2. The Bertz CT molecular complexity index is 1420. The van der Waals surface area contributed by atoms with Gasteiger partial charge in [-0.05, 0) is 48.4 Å². The van der Waals surface area contributed by atoms with E-state index in [2.05, 4.69) is 28.2 Å². The first-order chi connectivity index (χ1) is 18.7. The summed E-state index contributed by atoms with van der Waals surface area (Å²) in [6.07, 6.45) is 0.762. The van der Waals surface area contributed by atoms with Gasteiger partial charge in [-0.1, -0.05) is 36.4 Å². The standard InChI is InChI=1S/C29H30F2N4O4/c1-17-9-18(2)27(17)32-13-21-15-34(28(37)25-12-20-11-22(38-3)7-8-24(20)33-25)16-26(36)35(21)14-19-5-4-6-23(10-19)39-29(30)31/h4-8,10-12,21,27,29,32-33H,1-2,9,13-16H2,3H3/t21-/m0/s1. The van der Waals surface area contributed by atoms with Gasteiger partial charge in [-0.25, -0.2) is 0 Å². The van der Waals surface area contributed by atoms with Gasteiger partial charge in [0.2, 0.25) is 5.91 Å². The lowest BCUT2D eigenvalue weighted by Gasteiger charge is -2.43. The number of nitrogens with zero attached hydrogens (tertiary/aromatic N) is 2. The van der Waals surface area contributed by atoms with Crippen molar-refractivity contribution in [2.75, 3.05) is 26.7 Å². The molecule has 1 saturated carbocycles. The van der Waals surface area contributed by atoms with Crippen LogP contribution in [0.15, 0.2) is 72.8 Å². The first-order valence-corrected chi connectivity index (χ1v) is 12.6. The minimum absolute atomic E-state index is 0.0240. The molecule has 0 unspecified atom stereocenters. The summed E-state index contributed by atoms with van der Waals surface area (Å²) in [5.41, 5.74) is 3.85. The number of H-pyrrole nitrogens is 1. The summed E-state index contributed by atoms with van der Waals surface area (Å²) in [5.74, 6) is 0.173. The van der Waals surface area contributed by atoms with Gasteiger partial charge in [-0.2, -0.15) is 8.78 Å². The molecule has 3 aromatic rings. The second-order valence-corrected chi connectivity index (χ2v) is 9.86. The van der Waals surface area contributed by atoms with Crippen molar-refractivity contribution >= 4 is 22.7 Å². The quantitative estimate of drug-likeness (QED) is 0.402. The van der Waals surface area contributed by atoms with Gasteiger partial charge < -0.3 is 29.6 Å². The monoisotopic (exact) mass is 536 g/mol. The number of aromatic amines is 1. The number of nitrogens with one attached hydrogen (secondary N) is 2. The molecular formula is C29H30F2N4O4. The van der Waals surface area contributed by atoms with Crippen LogP contribution < -0.4 is 14.8 Å². The van der Waals surface area contributed by atoms with Crippen LogP contribution in [0.25, 0.3) is 10.9 Å². The molecule has 2 aromatic carbocycles. The molecule has 2 fully saturated rings. The molecule has 10 heteroatoms. The molecule has 2 aliphatic rings. The number of amides is 2.